The van der Waals surface area contributed by atoms with Crippen LogP contribution in [0.1, 0.15) is 26.2 Å². The molecule has 8 heteroatoms. The Morgan fingerprint density at radius 2 is 1.96 bits per heavy atom. The Kier molecular flexibility index (Phi) is 6.46. The molecule has 3 heterocycles. The number of halogens is 2. The summed E-state index contributed by atoms with van der Waals surface area (Å²) >= 11 is 13.5. The van der Waals surface area contributed by atoms with Crippen molar-refractivity contribution < 1.29 is 15.0 Å². The minimum atomic E-state index is -0.431. The van der Waals surface area contributed by atoms with Gasteiger partial charge < -0.3 is 25.7 Å². The fraction of sp³-hybridized carbons (Fsp3) is 0.950. The maximum absolute atomic E-state index is 12.3. The zero-order valence-electron chi connectivity index (χ0n) is 16.4. The Bertz CT molecular complexity index is 583. The molecule has 0 spiro atoms. The number of fused-ring (bicyclic) bond motifs is 3. The molecule has 1 amide bonds. The van der Waals surface area contributed by atoms with Crippen LogP contribution in [-0.2, 0) is 4.79 Å². The second kappa shape index (κ2) is 8.56. The number of carbonyl (C=O) groups excluding carboxylic acids is 1. The average molecular weight is 434 g/mol. The highest BCUT2D eigenvalue weighted by molar-refractivity contribution is 6.30. The van der Waals surface area contributed by atoms with Crippen molar-refractivity contribution in [2.24, 2.45) is 29.6 Å². The van der Waals surface area contributed by atoms with Crippen LogP contribution in [-0.4, -0.2) is 82.7 Å². The number of nitrogens with one attached hydrogen (secondary N) is 2. The van der Waals surface area contributed by atoms with E-state index in [9.17, 15) is 15.0 Å². The van der Waals surface area contributed by atoms with Crippen molar-refractivity contribution in [2.45, 2.75) is 55.1 Å². The summed E-state index contributed by atoms with van der Waals surface area (Å²) in [6.07, 6.45) is 2.78. The van der Waals surface area contributed by atoms with E-state index >= 15 is 0 Å². The molecule has 4 fully saturated rings. The summed E-state index contributed by atoms with van der Waals surface area (Å²) in [5, 5.41) is 26.2. The second-order valence-electron chi connectivity index (χ2n) is 9.29. The van der Waals surface area contributed by atoms with Crippen LogP contribution in [0.5, 0.6) is 0 Å². The van der Waals surface area contributed by atoms with Crippen LogP contribution in [0.25, 0.3) is 0 Å². The van der Waals surface area contributed by atoms with Gasteiger partial charge in [0.25, 0.3) is 0 Å². The maximum atomic E-state index is 12.3. The monoisotopic (exact) mass is 433 g/mol. The maximum Gasteiger partial charge on any atom is 0.248 e. The number of aliphatic hydroxyl groups excluding tert-OH is 2. The summed E-state index contributed by atoms with van der Waals surface area (Å²) < 4.78 is 0. The van der Waals surface area contributed by atoms with Gasteiger partial charge >= 0.3 is 0 Å². The first-order valence-corrected chi connectivity index (χ1v) is 11.6. The Hall–Kier alpha value is -0.110. The van der Waals surface area contributed by atoms with Gasteiger partial charge in [-0.3, -0.25) is 4.79 Å². The van der Waals surface area contributed by atoms with Crippen molar-refractivity contribution in [3.63, 3.8) is 0 Å². The number of alkyl halides is 2. The molecule has 0 aromatic rings. The number of carbonyl (C=O) groups is 1. The lowest BCUT2D eigenvalue weighted by Crippen LogP contribution is -2.57. The zero-order chi connectivity index (χ0) is 20.0. The van der Waals surface area contributed by atoms with Gasteiger partial charge in [-0.05, 0) is 62.3 Å². The third-order valence-electron chi connectivity index (χ3n) is 7.94. The number of hydrogen-bond donors (Lipinski definition) is 4. The van der Waals surface area contributed by atoms with Gasteiger partial charge in [0.1, 0.15) is 6.61 Å². The third-order valence-corrected chi connectivity index (χ3v) is 9.09. The highest BCUT2D eigenvalue weighted by Gasteiger charge is 2.58. The molecule has 0 radical (unpaired) electrons. The fourth-order valence-electron chi connectivity index (χ4n) is 6.71. The van der Waals surface area contributed by atoms with E-state index in [2.05, 4.69) is 17.6 Å². The molecule has 0 aromatic heterocycles. The number of likely N-dealkylation sites (tertiary alicyclic amines) is 1. The minimum Gasteiger partial charge on any atom is -0.396 e. The van der Waals surface area contributed by atoms with Crippen LogP contribution in [0.4, 0.5) is 0 Å². The van der Waals surface area contributed by atoms with E-state index in [-0.39, 0.29) is 35.4 Å². The normalized spacial score (nSPS) is 48.8. The summed E-state index contributed by atoms with van der Waals surface area (Å²) in [5.41, 5.74) is 0. The first kappa shape index (κ1) is 21.1. The average Bonchev–Trinajstić information content (AvgIpc) is 3.11. The second-order valence-corrected chi connectivity index (χ2v) is 10.4. The topological polar surface area (TPSA) is 84.8 Å². The lowest BCUT2D eigenvalue weighted by Gasteiger charge is -2.50. The van der Waals surface area contributed by atoms with Crippen molar-refractivity contribution >= 4 is 29.1 Å². The van der Waals surface area contributed by atoms with Gasteiger partial charge in [-0.25, -0.2) is 0 Å². The van der Waals surface area contributed by atoms with Gasteiger partial charge in [-0.15, -0.1) is 23.2 Å². The quantitative estimate of drug-likeness (QED) is 0.490. The summed E-state index contributed by atoms with van der Waals surface area (Å²) in [6.45, 7) is 4.40. The largest absolute Gasteiger partial charge is 0.396 e. The number of nitrogens with zero attached hydrogens (tertiary/aromatic N) is 1. The summed E-state index contributed by atoms with van der Waals surface area (Å²) in [6, 6.07) is 0.562. The zero-order valence-corrected chi connectivity index (χ0v) is 17.9. The number of hydrogen-bond acceptors (Lipinski definition) is 5. The van der Waals surface area contributed by atoms with Gasteiger partial charge in [-0.1, -0.05) is 0 Å². The van der Waals surface area contributed by atoms with E-state index in [0.29, 0.717) is 42.2 Å². The molecule has 0 bridgehead atoms. The van der Waals surface area contributed by atoms with Crippen molar-refractivity contribution in [1.29, 1.82) is 0 Å². The molecule has 1 aliphatic carbocycles. The van der Waals surface area contributed by atoms with Crippen LogP contribution in [0.15, 0.2) is 0 Å². The minimum absolute atomic E-state index is 0.0689. The molecular weight excluding hydrogens is 401 g/mol. The van der Waals surface area contributed by atoms with Gasteiger partial charge in [0.15, 0.2) is 0 Å². The summed E-state index contributed by atoms with van der Waals surface area (Å²) in [4.78, 5) is 14.1. The van der Waals surface area contributed by atoms with E-state index < -0.39 is 6.61 Å². The molecule has 28 heavy (non-hydrogen) atoms. The van der Waals surface area contributed by atoms with Gasteiger partial charge in [-0.2, -0.15) is 0 Å². The number of piperidine rings is 2. The molecule has 0 aromatic carbocycles. The highest BCUT2D eigenvalue weighted by Crippen LogP contribution is 2.52. The fourth-order valence-corrected chi connectivity index (χ4v) is 7.42. The number of rotatable bonds is 3. The van der Waals surface area contributed by atoms with E-state index in [1.54, 1.807) is 0 Å². The molecular formula is C20H33Cl2N3O3. The first-order valence-electron chi connectivity index (χ1n) is 10.7. The first-order chi connectivity index (χ1) is 13.5. The molecule has 9 unspecified atom stereocenters. The smallest absolute Gasteiger partial charge is 0.248 e. The Morgan fingerprint density at radius 3 is 2.68 bits per heavy atom. The Balaban J connectivity index is 1.62. The standard InChI is InChI=1S/C20H33Cl2N3O3/c1-10-17-15(2-3-25(10)16(28)9-27)24-20-18(17)13(5-14(21)19(20)22)12-4-11(8-26)6-23-7-12/h10-15,17-20,23-24,26-27H,2-9H2,1H3/t10-,11?,12?,13?,14?,15?,17?,18?,19?,20?/m0/s1. The van der Waals surface area contributed by atoms with Crippen LogP contribution in [0.3, 0.4) is 0 Å². The van der Waals surface area contributed by atoms with E-state index in [1.165, 1.54) is 0 Å². The molecule has 3 saturated heterocycles. The summed E-state index contributed by atoms with van der Waals surface area (Å²) in [7, 11) is 0. The van der Waals surface area contributed by atoms with Gasteiger partial charge in [0, 0.05) is 37.8 Å². The van der Waals surface area contributed by atoms with Crippen LogP contribution >= 0.6 is 23.2 Å². The van der Waals surface area contributed by atoms with Crippen LogP contribution < -0.4 is 10.6 Å². The number of aliphatic hydroxyl groups is 2. The molecule has 4 aliphatic rings. The van der Waals surface area contributed by atoms with Crippen molar-refractivity contribution in [1.82, 2.24) is 15.5 Å². The predicted molar refractivity (Wildman–Crippen MR) is 110 cm³/mol. The molecule has 10 atom stereocenters. The summed E-state index contributed by atoms with van der Waals surface area (Å²) in [5.74, 6) is 1.66. The lowest BCUT2D eigenvalue weighted by molar-refractivity contribution is -0.140. The Labute approximate surface area is 177 Å². The number of amides is 1. The molecule has 1 saturated carbocycles. The van der Waals surface area contributed by atoms with Crippen molar-refractivity contribution in [3.05, 3.63) is 0 Å². The van der Waals surface area contributed by atoms with Crippen LogP contribution in [0, 0.1) is 29.6 Å². The third kappa shape index (κ3) is 3.58. The molecule has 3 aliphatic heterocycles. The molecule has 4 rings (SSSR count). The highest BCUT2D eigenvalue weighted by atomic mass is 35.5. The van der Waals surface area contributed by atoms with Gasteiger partial charge in [0.05, 0.1) is 10.8 Å². The Morgan fingerprint density at radius 1 is 1.18 bits per heavy atom. The van der Waals surface area contributed by atoms with Crippen LogP contribution in [0.2, 0.25) is 0 Å². The SMILES string of the molecule is C[C@H]1C2C(CCN1C(=O)CO)NC1C(Cl)C(Cl)CC(C3CNCC(CO)C3)C12. The lowest BCUT2D eigenvalue weighted by atomic mass is 9.62. The van der Waals surface area contributed by atoms with E-state index in [0.717, 1.165) is 32.4 Å². The predicted octanol–water partition coefficient (Wildman–Crippen LogP) is 0.625. The molecule has 160 valence electrons. The molecule has 4 N–H and O–H groups in total. The van der Waals surface area contributed by atoms with E-state index in [4.69, 9.17) is 23.2 Å². The van der Waals surface area contributed by atoms with Gasteiger partial charge in [0.2, 0.25) is 5.91 Å². The van der Waals surface area contributed by atoms with Crippen molar-refractivity contribution in [3.8, 4) is 0 Å². The molecule has 6 nitrogen and oxygen atoms in total. The van der Waals surface area contributed by atoms with E-state index in [1.807, 2.05) is 4.90 Å². The van der Waals surface area contributed by atoms with Crippen molar-refractivity contribution in [2.75, 3.05) is 32.8 Å².